The van der Waals surface area contributed by atoms with Crippen molar-refractivity contribution in [1.82, 2.24) is 9.91 Å². The molecule has 0 unspecified atom stereocenters. The Morgan fingerprint density at radius 2 is 2.11 bits per heavy atom. The van der Waals surface area contributed by atoms with Crippen molar-refractivity contribution in [1.29, 1.82) is 0 Å². The lowest BCUT2D eigenvalue weighted by atomic mass is 9.93. The molecule has 0 aromatic rings. The highest BCUT2D eigenvalue weighted by molar-refractivity contribution is 14.1. The minimum atomic E-state index is -0.0132. The quantitative estimate of drug-likeness (QED) is 0.426. The molecule has 0 saturated carbocycles. The maximum Gasteiger partial charge on any atom is 0.244 e. The maximum atomic E-state index is 12.0. The average molecular weight is 364 g/mol. The Kier molecular flexibility index (Phi) is 6.23. The largest absolute Gasteiger partial charge is 0.341 e. The summed E-state index contributed by atoms with van der Waals surface area (Å²) in [5.41, 5.74) is 0. The number of carbonyl (C=O) groups excluding carboxylic acids is 2. The highest BCUT2D eigenvalue weighted by Gasteiger charge is 2.25. The van der Waals surface area contributed by atoms with Crippen LogP contribution < -0.4 is 0 Å². The van der Waals surface area contributed by atoms with Crippen LogP contribution in [0.25, 0.3) is 0 Å². The molecule has 0 aliphatic carbocycles. The van der Waals surface area contributed by atoms with Crippen LogP contribution in [-0.4, -0.2) is 41.2 Å². The number of hydrogen-bond acceptors (Lipinski definition) is 4. The monoisotopic (exact) mass is 364 g/mol. The minimum absolute atomic E-state index is 0.0132. The van der Waals surface area contributed by atoms with E-state index in [9.17, 15) is 9.59 Å². The molecular formula is C11H17IN4O2. The van der Waals surface area contributed by atoms with E-state index in [4.69, 9.17) is 0 Å². The van der Waals surface area contributed by atoms with Crippen molar-refractivity contribution in [3.63, 3.8) is 0 Å². The van der Waals surface area contributed by atoms with Gasteiger partial charge in [0.2, 0.25) is 5.91 Å². The van der Waals surface area contributed by atoms with Crippen LogP contribution in [-0.2, 0) is 9.59 Å². The Labute approximate surface area is 121 Å². The second-order valence-electron chi connectivity index (χ2n) is 4.21. The van der Waals surface area contributed by atoms with Gasteiger partial charge in [-0.15, -0.1) is 0 Å². The Balaban J connectivity index is 2.45. The molecule has 0 bridgehead atoms. The van der Waals surface area contributed by atoms with Gasteiger partial charge in [-0.1, -0.05) is 15.1 Å². The maximum absolute atomic E-state index is 12.0. The molecule has 1 heterocycles. The molecule has 1 rings (SSSR count). The van der Waals surface area contributed by atoms with Gasteiger partial charge in [-0.3, -0.25) is 9.59 Å². The highest BCUT2D eigenvalue weighted by Crippen LogP contribution is 2.18. The van der Waals surface area contributed by atoms with Crippen molar-refractivity contribution in [3.05, 3.63) is 12.8 Å². The fourth-order valence-electron chi connectivity index (χ4n) is 1.95. The number of likely N-dealkylation sites (tertiary alicyclic amines) is 1. The molecule has 1 aliphatic heterocycles. The summed E-state index contributed by atoms with van der Waals surface area (Å²) in [7, 11) is 0. The highest BCUT2D eigenvalue weighted by atomic mass is 127. The number of rotatable bonds is 5. The number of nitrogens with zero attached hydrogens (tertiary/aromatic N) is 4. The number of hydrogen-bond donors (Lipinski definition) is 0. The van der Waals surface area contributed by atoms with Crippen molar-refractivity contribution >= 4 is 34.6 Å². The first kappa shape index (κ1) is 15.1. The van der Waals surface area contributed by atoms with Crippen LogP contribution in [0.4, 0.5) is 0 Å². The van der Waals surface area contributed by atoms with Crippen molar-refractivity contribution < 1.29 is 9.59 Å². The van der Waals surface area contributed by atoms with Gasteiger partial charge in [-0.05, 0) is 19.8 Å². The second kappa shape index (κ2) is 7.45. The van der Waals surface area contributed by atoms with E-state index in [1.807, 2.05) is 0 Å². The lowest BCUT2D eigenvalue weighted by Gasteiger charge is -2.31. The summed E-state index contributed by atoms with van der Waals surface area (Å²) in [4.78, 5) is 25.0. The fraction of sp³-hybridized carbons (Fsp3) is 0.636. The van der Waals surface area contributed by atoms with Gasteiger partial charge in [0, 0.05) is 25.2 Å². The molecule has 1 amide bonds. The molecule has 0 N–H and O–H groups in total. The van der Waals surface area contributed by atoms with Crippen molar-refractivity contribution in [2.75, 3.05) is 19.6 Å². The molecule has 7 heteroatoms. The van der Waals surface area contributed by atoms with Crippen LogP contribution in [0.15, 0.2) is 21.3 Å². The van der Waals surface area contributed by atoms with Gasteiger partial charge in [0.25, 0.3) is 0 Å². The van der Waals surface area contributed by atoms with E-state index in [0.717, 1.165) is 12.8 Å². The molecule has 0 atom stereocenters. The van der Waals surface area contributed by atoms with E-state index in [1.54, 1.807) is 34.7 Å². The molecule has 1 fully saturated rings. The lowest BCUT2D eigenvalue weighted by molar-refractivity contribution is -0.135. The first-order valence-electron chi connectivity index (χ1n) is 5.77. The molecule has 6 nitrogen and oxygen atoms in total. The van der Waals surface area contributed by atoms with E-state index in [0.29, 0.717) is 13.1 Å². The van der Waals surface area contributed by atoms with Crippen molar-refractivity contribution in [3.8, 4) is 0 Å². The fourth-order valence-corrected chi connectivity index (χ4v) is 2.20. The standard InChI is InChI=1S/C11H17IN4O2/c1-3-16(14-13-12)8-11(18)15-6-4-10(5-7-15)9(2)17/h3,10H,1,4-8H2,2H3. The zero-order valence-corrected chi connectivity index (χ0v) is 12.5. The smallest absolute Gasteiger partial charge is 0.244 e. The summed E-state index contributed by atoms with van der Waals surface area (Å²) in [5, 5.41) is 5.14. The summed E-state index contributed by atoms with van der Waals surface area (Å²) < 4.78 is 3.57. The number of Topliss-reactive ketones (excluding diaryl/α,β-unsaturated/α-hetero) is 1. The minimum Gasteiger partial charge on any atom is -0.341 e. The van der Waals surface area contributed by atoms with Crippen LogP contribution in [0.1, 0.15) is 19.8 Å². The second-order valence-corrected chi connectivity index (χ2v) is 4.64. The summed E-state index contributed by atoms with van der Waals surface area (Å²) in [6.07, 6.45) is 2.97. The summed E-state index contributed by atoms with van der Waals surface area (Å²) in [6.45, 7) is 6.59. The van der Waals surface area contributed by atoms with Gasteiger partial charge in [0.1, 0.15) is 35.2 Å². The van der Waals surface area contributed by atoms with Gasteiger partial charge >= 0.3 is 0 Å². The molecule has 0 radical (unpaired) electrons. The van der Waals surface area contributed by atoms with Crippen LogP contribution in [0.2, 0.25) is 0 Å². The topological polar surface area (TPSA) is 65.3 Å². The number of ketones is 1. The van der Waals surface area contributed by atoms with Gasteiger partial charge in [0.15, 0.2) is 0 Å². The average Bonchev–Trinajstić information content (AvgIpc) is 2.38. The predicted molar refractivity (Wildman–Crippen MR) is 75.8 cm³/mol. The number of amides is 1. The zero-order valence-electron chi connectivity index (χ0n) is 10.4. The third-order valence-electron chi connectivity index (χ3n) is 3.08. The molecule has 1 aliphatic rings. The Hall–Kier alpha value is -0.990. The van der Waals surface area contributed by atoms with Crippen LogP contribution in [0, 0.1) is 5.92 Å². The van der Waals surface area contributed by atoms with Gasteiger partial charge in [-0.25, -0.2) is 5.01 Å². The molecule has 18 heavy (non-hydrogen) atoms. The normalized spacial score (nSPS) is 16.9. The van der Waals surface area contributed by atoms with Crippen LogP contribution in [0.5, 0.6) is 0 Å². The van der Waals surface area contributed by atoms with Crippen molar-refractivity contribution in [2.24, 2.45) is 14.5 Å². The first-order chi connectivity index (χ1) is 8.58. The zero-order chi connectivity index (χ0) is 13.5. The van der Waals surface area contributed by atoms with E-state index < -0.39 is 0 Å². The number of halogens is 1. The van der Waals surface area contributed by atoms with Crippen LogP contribution in [0.3, 0.4) is 0 Å². The Morgan fingerprint density at radius 3 is 2.56 bits per heavy atom. The molecule has 0 aromatic heterocycles. The summed E-state index contributed by atoms with van der Waals surface area (Å²) in [6, 6.07) is 0. The molecule has 0 aromatic carbocycles. The van der Waals surface area contributed by atoms with E-state index in [1.165, 1.54) is 11.2 Å². The molecule has 100 valence electrons. The first-order valence-corrected chi connectivity index (χ1v) is 6.74. The van der Waals surface area contributed by atoms with Gasteiger partial charge in [-0.2, -0.15) is 0 Å². The third kappa shape index (κ3) is 4.35. The SMILES string of the molecule is C=CN(CC(=O)N1CCC(C(C)=O)CC1)N=NI. The summed E-state index contributed by atoms with van der Waals surface area (Å²) in [5.74, 6) is 0.313. The van der Waals surface area contributed by atoms with Crippen molar-refractivity contribution in [2.45, 2.75) is 19.8 Å². The molecule has 1 saturated heterocycles. The number of carbonyl (C=O) groups is 2. The summed E-state index contributed by atoms with van der Waals surface area (Å²) >= 11 is 1.74. The Bertz CT molecular complexity index is 351. The van der Waals surface area contributed by atoms with E-state index in [2.05, 4.69) is 15.1 Å². The lowest BCUT2D eigenvalue weighted by Crippen LogP contribution is -2.43. The Morgan fingerprint density at radius 1 is 1.50 bits per heavy atom. The van der Waals surface area contributed by atoms with Gasteiger partial charge < -0.3 is 4.90 Å². The van der Waals surface area contributed by atoms with E-state index in [-0.39, 0.29) is 24.2 Å². The third-order valence-corrected chi connectivity index (χ3v) is 3.27. The predicted octanol–water partition coefficient (Wildman–Crippen LogP) is 1.98. The number of piperidine rings is 1. The van der Waals surface area contributed by atoms with E-state index >= 15 is 0 Å². The van der Waals surface area contributed by atoms with Crippen LogP contribution >= 0.6 is 22.9 Å². The van der Waals surface area contributed by atoms with Gasteiger partial charge in [0.05, 0.1) is 0 Å². The molecule has 0 spiro atoms. The molecular weight excluding hydrogens is 347 g/mol.